The number of aryl methyl sites for hydroxylation is 1. The summed E-state index contributed by atoms with van der Waals surface area (Å²) in [6.45, 7) is 5.29. The zero-order chi connectivity index (χ0) is 19.8. The summed E-state index contributed by atoms with van der Waals surface area (Å²) >= 11 is 0. The van der Waals surface area contributed by atoms with Crippen LogP contribution in [0.1, 0.15) is 43.5 Å². The maximum absolute atomic E-state index is 12.0. The number of nitrogens with zero attached hydrogens (tertiary/aromatic N) is 4. The van der Waals surface area contributed by atoms with E-state index in [1.54, 1.807) is 0 Å². The SMILES string of the molecule is Cc1ccccc1Nc1nc(N)nc(C[NH2+]CCCN2CCCCCC2=O)n1. The highest BCUT2D eigenvalue weighted by Gasteiger charge is 2.16. The van der Waals surface area contributed by atoms with Crippen LogP contribution in [0.25, 0.3) is 0 Å². The predicted molar refractivity (Wildman–Crippen MR) is 109 cm³/mol. The molecule has 1 aliphatic heterocycles. The van der Waals surface area contributed by atoms with Crippen LogP contribution in [0.4, 0.5) is 17.6 Å². The van der Waals surface area contributed by atoms with Crippen LogP contribution < -0.4 is 16.4 Å². The van der Waals surface area contributed by atoms with Crippen molar-refractivity contribution in [2.45, 2.75) is 45.6 Å². The van der Waals surface area contributed by atoms with Gasteiger partial charge < -0.3 is 21.3 Å². The van der Waals surface area contributed by atoms with Crippen molar-refractivity contribution < 1.29 is 10.1 Å². The number of amides is 1. The maximum Gasteiger partial charge on any atom is 0.232 e. The first kappa shape index (κ1) is 20.0. The van der Waals surface area contributed by atoms with Gasteiger partial charge >= 0.3 is 0 Å². The van der Waals surface area contributed by atoms with Crippen LogP contribution in [0.5, 0.6) is 0 Å². The third kappa shape index (κ3) is 5.88. The molecule has 1 amide bonds. The summed E-state index contributed by atoms with van der Waals surface area (Å²) in [5.74, 6) is 1.62. The van der Waals surface area contributed by atoms with Crippen LogP contribution in [0.3, 0.4) is 0 Å². The first-order valence-electron chi connectivity index (χ1n) is 10.0. The number of nitrogens with two attached hydrogens (primary N) is 2. The summed E-state index contributed by atoms with van der Waals surface area (Å²) in [6.07, 6.45) is 4.97. The number of hydrogen-bond donors (Lipinski definition) is 3. The Bertz CT molecular complexity index is 796. The number of para-hydroxylation sites is 1. The van der Waals surface area contributed by atoms with E-state index in [9.17, 15) is 4.79 Å². The molecule has 150 valence electrons. The van der Waals surface area contributed by atoms with Crippen molar-refractivity contribution in [3.63, 3.8) is 0 Å². The van der Waals surface area contributed by atoms with E-state index in [1.165, 1.54) is 0 Å². The number of hydrogen-bond acceptors (Lipinski definition) is 6. The molecule has 2 heterocycles. The molecule has 1 aromatic heterocycles. The highest BCUT2D eigenvalue weighted by molar-refractivity contribution is 5.76. The van der Waals surface area contributed by atoms with Gasteiger partial charge in [0.25, 0.3) is 0 Å². The second kappa shape index (κ2) is 9.98. The third-order valence-corrected chi connectivity index (χ3v) is 4.93. The van der Waals surface area contributed by atoms with E-state index >= 15 is 0 Å². The van der Waals surface area contributed by atoms with E-state index in [-0.39, 0.29) is 5.95 Å². The van der Waals surface area contributed by atoms with Crippen LogP contribution in [0.15, 0.2) is 24.3 Å². The number of nitrogens with one attached hydrogen (secondary N) is 1. The van der Waals surface area contributed by atoms with Gasteiger partial charge in [-0.05, 0) is 31.4 Å². The van der Waals surface area contributed by atoms with Crippen molar-refractivity contribution in [1.29, 1.82) is 0 Å². The Morgan fingerprint density at radius 1 is 1.18 bits per heavy atom. The number of aromatic nitrogens is 3. The molecule has 1 saturated heterocycles. The summed E-state index contributed by atoms with van der Waals surface area (Å²) in [4.78, 5) is 26.9. The first-order valence-corrected chi connectivity index (χ1v) is 10.0. The van der Waals surface area contributed by atoms with Crippen LogP contribution in [0.2, 0.25) is 0 Å². The zero-order valence-corrected chi connectivity index (χ0v) is 16.5. The molecule has 0 bridgehead atoms. The Balaban J connectivity index is 1.47. The standard InChI is InChI=1S/C20H29N7O/c1-15-8-4-5-9-16(15)23-20-25-17(24-19(21)26-20)14-22-11-7-13-27-12-6-2-3-10-18(27)28/h4-5,8-9,22H,2-3,6-7,10-14H2,1H3,(H3,21,23,24,25,26)/p+1. The van der Waals surface area contributed by atoms with Gasteiger partial charge in [-0.2, -0.15) is 15.0 Å². The second-order valence-corrected chi connectivity index (χ2v) is 7.20. The molecule has 0 atom stereocenters. The van der Waals surface area contributed by atoms with Crippen LogP contribution in [-0.2, 0) is 11.3 Å². The van der Waals surface area contributed by atoms with Gasteiger partial charge in [-0.15, -0.1) is 0 Å². The van der Waals surface area contributed by atoms with Gasteiger partial charge in [0.2, 0.25) is 17.8 Å². The van der Waals surface area contributed by atoms with E-state index < -0.39 is 0 Å². The van der Waals surface area contributed by atoms with Crippen molar-refractivity contribution in [2.75, 3.05) is 30.7 Å². The normalized spacial score (nSPS) is 14.8. The topological polar surface area (TPSA) is 114 Å². The third-order valence-electron chi connectivity index (χ3n) is 4.93. The number of rotatable bonds is 8. The van der Waals surface area contributed by atoms with Crippen molar-refractivity contribution in [1.82, 2.24) is 19.9 Å². The van der Waals surface area contributed by atoms with Gasteiger partial charge in [-0.1, -0.05) is 24.6 Å². The number of benzene rings is 1. The van der Waals surface area contributed by atoms with Crippen molar-refractivity contribution in [3.8, 4) is 0 Å². The minimum atomic E-state index is 0.213. The predicted octanol–water partition coefficient (Wildman–Crippen LogP) is 1.36. The van der Waals surface area contributed by atoms with Crippen LogP contribution in [0, 0.1) is 6.92 Å². The van der Waals surface area contributed by atoms with Crippen molar-refractivity contribution >= 4 is 23.5 Å². The quantitative estimate of drug-likeness (QED) is 0.592. The Kier molecular flexibility index (Phi) is 7.13. The lowest BCUT2D eigenvalue weighted by Crippen LogP contribution is -2.83. The summed E-state index contributed by atoms with van der Waals surface area (Å²) in [7, 11) is 0. The van der Waals surface area contributed by atoms with E-state index in [1.807, 2.05) is 36.1 Å². The zero-order valence-electron chi connectivity index (χ0n) is 16.5. The summed E-state index contributed by atoms with van der Waals surface area (Å²) < 4.78 is 0. The molecular formula is C20H30N7O+. The fourth-order valence-corrected chi connectivity index (χ4v) is 3.35. The molecule has 1 aromatic carbocycles. The van der Waals surface area contributed by atoms with E-state index in [0.717, 1.165) is 56.6 Å². The lowest BCUT2D eigenvalue weighted by molar-refractivity contribution is -0.671. The summed E-state index contributed by atoms with van der Waals surface area (Å²) in [5, 5.41) is 5.36. The molecule has 1 fully saturated rings. The number of likely N-dealkylation sites (tertiary alicyclic amines) is 1. The Labute approximate surface area is 166 Å². The molecule has 5 N–H and O–H groups in total. The van der Waals surface area contributed by atoms with E-state index in [2.05, 4.69) is 25.6 Å². The molecule has 3 rings (SSSR count). The molecule has 8 heteroatoms. The minimum absolute atomic E-state index is 0.213. The van der Waals surface area contributed by atoms with Gasteiger partial charge in [0.1, 0.15) is 6.54 Å². The lowest BCUT2D eigenvalue weighted by Gasteiger charge is -2.19. The molecule has 0 aliphatic carbocycles. The molecule has 2 aromatic rings. The molecule has 0 spiro atoms. The van der Waals surface area contributed by atoms with Gasteiger partial charge in [0.05, 0.1) is 6.54 Å². The summed E-state index contributed by atoms with van der Waals surface area (Å²) in [6, 6.07) is 7.95. The Hall–Kier alpha value is -2.74. The lowest BCUT2D eigenvalue weighted by atomic mass is 10.2. The minimum Gasteiger partial charge on any atom is -0.368 e. The summed E-state index contributed by atoms with van der Waals surface area (Å²) in [5.41, 5.74) is 7.91. The molecule has 28 heavy (non-hydrogen) atoms. The molecule has 8 nitrogen and oxygen atoms in total. The number of carbonyl (C=O) groups excluding carboxylic acids is 1. The molecular weight excluding hydrogens is 354 g/mol. The molecule has 0 unspecified atom stereocenters. The number of quaternary nitrogens is 1. The second-order valence-electron chi connectivity index (χ2n) is 7.20. The molecule has 0 saturated carbocycles. The van der Waals surface area contributed by atoms with Crippen LogP contribution in [-0.4, -0.2) is 45.4 Å². The fraction of sp³-hybridized carbons (Fsp3) is 0.500. The first-order chi connectivity index (χ1) is 13.6. The van der Waals surface area contributed by atoms with Gasteiger partial charge in [-0.25, -0.2) is 0 Å². The van der Waals surface area contributed by atoms with Gasteiger partial charge in [0, 0.05) is 31.6 Å². The van der Waals surface area contributed by atoms with E-state index in [0.29, 0.717) is 30.6 Å². The van der Waals surface area contributed by atoms with Gasteiger partial charge in [0.15, 0.2) is 5.82 Å². The molecule has 0 radical (unpaired) electrons. The molecule has 1 aliphatic rings. The highest BCUT2D eigenvalue weighted by atomic mass is 16.2. The van der Waals surface area contributed by atoms with Crippen molar-refractivity contribution in [2.24, 2.45) is 0 Å². The van der Waals surface area contributed by atoms with Crippen molar-refractivity contribution in [3.05, 3.63) is 35.7 Å². The van der Waals surface area contributed by atoms with Gasteiger partial charge in [-0.3, -0.25) is 4.79 Å². The monoisotopic (exact) mass is 384 g/mol. The highest BCUT2D eigenvalue weighted by Crippen LogP contribution is 2.17. The number of nitrogen functional groups attached to an aromatic ring is 1. The Morgan fingerprint density at radius 2 is 2.04 bits per heavy atom. The number of anilines is 3. The Morgan fingerprint density at radius 3 is 2.89 bits per heavy atom. The fourth-order valence-electron chi connectivity index (χ4n) is 3.35. The van der Waals surface area contributed by atoms with Crippen LogP contribution >= 0.6 is 0 Å². The van der Waals surface area contributed by atoms with E-state index in [4.69, 9.17) is 5.73 Å². The maximum atomic E-state index is 12.0. The largest absolute Gasteiger partial charge is 0.368 e. The number of carbonyl (C=O) groups is 1. The average molecular weight is 385 g/mol. The average Bonchev–Trinajstić information content (AvgIpc) is 2.87. The smallest absolute Gasteiger partial charge is 0.232 e.